The normalized spacial score (nSPS) is 10.8. The van der Waals surface area contributed by atoms with Crippen LogP contribution in [0.3, 0.4) is 0 Å². The number of hydrogen-bond acceptors (Lipinski definition) is 4. The lowest BCUT2D eigenvalue weighted by atomic mass is 10.1. The summed E-state index contributed by atoms with van der Waals surface area (Å²) in [5.41, 5.74) is 5.22. The second-order valence-electron chi connectivity index (χ2n) is 2.90. The first-order valence-corrected chi connectivity index (χ1v) is 5.22. The highest BCUT2D eigenvalue weighted by atomic mass is 35.5. The third-order valence-corrected chi connectivity index (χ3v) is 1.79. The van der Waals surface area contributed by atoms with Crippen molar-refractivity contribution in [2.24, 2.45) is 5.73 Å². The summed E-state index contributed by atoms with van der Waals surface area (Å²) < 4.78 is 4.17. The highest BCUT2D eigenvalue weighted by molar-refractivity contribution is 6.61. The summed E-state index contributed by atoms with van der Waals surface area (Å²) in [6.07, 6.45) is 0. The molecular weight excluding hydrogens is 246 g/mol. The molecule has 5 nitrogen and oxygen atoms in total. The number of carbonyl (C=O) groups excluding carboxylic acids is 1. The Morgan fingerprint density at radius 1 is 1.41 bits per heavy atom. The highest BCUT2D eigenvalue weighted by Gasteiger charge is 2.12. The summed E-state index contributed by atoms with van der Waals surface area (Å²) in [4.78, 5) is 20.0. The molecule has 0 aromatic heterocycles. The molecular formula is C11H14ClNO4. The zero-order valence-electron chi connectivity index (χ0n) is 9.30. The van der Waals surface area contributed by atoms with Crippen molar-refractivity contribution in [1.29, 1.82) is 0 Å². The summed E-state index contributed by atoms with van der Waals surface area (Å²) in [7, 11) is 0. The van der Waals surface area contributed by atoms with E-state index in [2.05, 4.69) is 4.74 Å². The van der Waals surface area contributed by atoms with Gasteiger partial charge in [-0.2, -0.15) is 0 Å². The fourth-order valence-corrected chi connectivity index (χ4v) is 1.03. The van der Waals surface area contributed by atoms with Crippen molar-refractivity contribution in [3.05, 3.63) is 35.9 Å². The first kappa shape index (κ1) is 15.4. The average molecular weight is 260 g/mol. The fraction of sp³-hybridized carbons (Fsp3) is 0.273. The molecule has 0 spiro atoms. The largest absolute Gasteiger partial charge is 0.480 e. The van der Waals surface area contributed by atoms with E-state index in [1.807, 2.05) is 6.07 Å². The van der Waals surface area contributed by atoms with Gasteiger partial charge in [-0.25, -0.2) is 4.79 Å². The molecule has 94 valence electrons. The van der Waals surface area contributed by atoms with Gasteiger partial charge in [-0.15, -0.1) is 0 Å². The first-order chi connectivity index (χ1) is 7.99. The van der Waals surface area contributed by atoms with E-state index in [4.69, 9.17) is 22.4 Å². The summed E-state index contributed by atoms with van der Waals surface area (Å²) in [5.74, 6) is -1.00. The third kappa shape index (κ3) is 7.32. The van der Waals surface area contributed by atoms with Gasteiger partial charge in [0.05, 0.1) is 6.61 Å². The molecule has 0 radical (unpaired) electrons. The summed E-state index contributed by atoms with van der Waals surface area (Å²) in [5, 5.41) is 8.51. The van der Waals surface area contributed by atoms with E-state index in [1.54, 1.807) is 31.2 Å². The Kier molecular flexibility index (Phi) is 7.75. The molecule has 0 heterocycles. The second-order valence-corrected chi connectivity index (χ2v) is 3.21. The predicted octanol–water partition coefficient (Wildman–Crippen LogP) is 2.15. The molecule has 1 aromatic rings. The first-order valence-electron chi connectivity index (χ1n) is 4.84. The zero-order chi connectivity index (χ0) is 13.3. The lowest BCUT2D eigenvalue weighted by Gasteiger charge is -2.04. The zero-order valence-corrected chi connectivity index (χ0v) is 10.1. The molecule has 0 aliphatic rings. The number of nitrogens with two attached hydrogens (primary N) is 1. The van der Waals surface area contributed by atoms with Gasteiger partial charge in [0.25, 0.3) is 0 Å². The average Bonchev–Trinajstić information content (AvgIpc) is 2.29. The number of benzene rings is 1. The Labute approximate surface area is 104 Å². The number of rotatable bonds is 3. The molecule has 3 N–H and O–H groups in total. The van der Waals surface area contributed by atoms with E-state index < -0.39 is 17.4 Å². The molecule has 0 amide bonds. The van der Waals surface area contributed by atoms with E-state index in [9.17, 15) is 9.59 Å². The number of hydrogen-bond donors (Lipinski definition) is 2. The standard InChI is InChI=1S/C8H9NO2.C3H5ClO2/c9-7(8(10)11)6-4-2-1-3-5-6;1-2-6-3(4)5/h1-5,7H,9H2,(H,10,11);2H2,1H3. The van der Waals surface area contributed by atoms with Gasteiger partial charge >= 0.3 is 11.4 Å². The minimum Gasteiger partial charge on any atom is -0.480 e. The van der Waals surface area contributed by atoms with Gasteiger partial charge in [0, 0.05) is 11.6 Å². The molecule has 0 aliphatic carbocycles. The van der Waals surface area contributed by atoms with Crippen LogP contribution in [0, 0.1) is 0 Å². The van der Waals surface area contributed by atoms with E-state index in [0.717, 1.165) is 0 Å². The van der Waals surface area contributed by atoms with Crippen LogP contribution in [0.15, 0.2) is 30.3 Å². The summed E-state index contributed by atoms with van der Waals surface area (Å²) in [6, 6.07) is 7.82. The van der Waals surface area contributed by atoms with Gasteiger partial charge in [0.1, 0.15) is 6.04 Å². The third-order valence-electron chi connectivity index (χ3n) is 1.68. The maximum atomic E-state index is 10.4. The molecule has 1 aromatic carbocycles. The van der Waals surface area contributed by atoms with E-state index in [0.29, 0.717) is 12.2 Å². The van der Waals surface area contributed by atoms with Gasteiger partial charge in [0.2, 0.25) is 0 Å². The number of carboxylic acid groups (broad SMARTS) is 1. The van der Waals surface area contributed by atoms with Crippen molar-refractivity contribution < 1.29 is 19.4 Å². The van der Waals surface area contributed by atoms with Crippen LogP contribution in [-0.4, -0.2) is 23.1 Å². The monoisotopic (exact) mass is 259 g/mol. The van der Waals surface area contributed by atoms with E-state index in [-0.39, 0.29) is 0 Å². The van der Waals surface area contributed by atoms with Crippen LogP contribution in [0.1, 0.15) is 18.5 Å². The number of ether oxygens (including phenoxy) is 1. The molecule has 0 saturated carbocycles. The van der Waals surface area contributed by atoms with Crippen molar-refractivity contribution in [1.82, 2.24) is 0 Å². The van der Waals surface area contributed by atoms with Gasteiger partial charge in [-0.1, -0.05) is 30.3 Å². The lowest BCUT2D eigenvalue weighted by Crippen LogP contribution is -2.20. The topological polar surface area (TPSA) is 89.6 Å². The Hall–Kier alpha value is -1.59. The van der Waals surface area contributed by atoms with Crippen LogP contribution in [0.25, 0.3) is 0 Å². The molecule has 0 aliphatic heterocycles. The van der Waals surface area contributed by atoms with E-state index in [1.165, 1.54) is 0 Å². The number of carbonyl (C=O) groups is 2. The Morgan fingerprint density at radius 2 is 1.94 bits per heavy atom. The minimum absolute atomic E-state index is 0.350. The highest BCUT2D eigenvalue weighted by Crippen LogP contribution is 2.08. The van der Waals surface area contributed by atoms with Crippen molar-refractivity contribution in [3.63, 3.8) is 0 Å². The second kappa shape index (κ2) is 8.55. The molecule has 1 rings (SSSR count). The van der Waals surface area contributed by atoms with Crippen molar-refractivity contribution >= 4 is 23.0 Å². The fourth-order valence-electron chi connectivity index (χ4n) is 0.916. The smallest absolute Gasteiger partial charge is 0.403 e. The maximum absolute atomic E-state index is 10.4. The SMILES string of the molecule is CCOC(=O)Cl.NC(C(=O)O)c1ccccc1. The Morgan fingerprint density at radius 3 is 2.24 bits per heavy atom. The quantitative estimate of drug-likeness (QED) is 0.812. The molecule has 6 heteroatoms. The van der Waals surface area contributed by atoms with Crippen LogP contribution in [0.5, 0.6) is 0 Å². The van der Waals surface area contributed by atoms with Crippen LogP contribution in [0.4, 0.5) is 4.79 Å². The van der Waals surface area contributed by atoms with Crippen molar-refractivity contribution in [2.75, 3.05) is 6.61 Å². The number of carboxylic acids is 1. The lowest BCUT2D eigenvalue weighted by molar-refractivity contribution is -0.138. The molecule has 17 heavy (non-hydrogen) atoms. The van der Waals surface area contributed by atoms with Gasteiger partial charge < -0.3 is 15.6 Å². The van der Waals surface area contributed by atoms with Crippen LogP contribution >= 0.6 is 11.6 Å². The van der Waals surface area contributed by atoms with Gasteiger partial charge in [-0.3, -0.25) is 4.79 Å². The van der Waals surface area contributed by atoms with Crippen LogP contribution in [-0.2, 0) is 9.53 Å². The molecule has 1 unspecified atom stereocenters. The maximum Gasteiger partial charge on any atom is 0.403 e. The van der Waals surface area contributed by atoms with Crippen LogP contribution < -0.4 is 5.73 Å². The number of aliphatic carboxylic acids is 1. The van der Waals surface area contributed by atoms with Crippen molar-refractivity contribution in [2.45, 2.75) is 13.0 Å². The minimum atomic E-state index is -1.00. The van der Waals surface area contributed by atoms with Crippen LogP contribution in [0.2, 0.25) is 0 Å². The van der Waals surface area contributed by atoms with E-state index >= 15 is 0 Å². The van der Waals surface area contributed by atoms with Gasteiger partial charge in [0.15, 0.2) is 0 Å². The molecule has 0 fully saturated rings. The molecule has 1 atom stereocenters. The Bertz CT molecular complexity index is 356. The van der Waals surface area contributed by atoms with Crippen molar-refractivity contribution in [3.8, 4) is 0 Å². The molecule has 0 saturated heterocycles. The predicted molar refractivity (Wildman–Crippen MR) is 63.9 cm³/mol. The molecule has 0 bridgehead atoms. The summed E-state index contributed by atoms with van der Waals surface area (Å²) >= 11 is 4.72. The summed E-state index contributed by atoms with van der Waals surface area (Å²) in [6.45, 7) is 2.04. The number of halogens is 1. The Balaban J connectivity index is 0.000000366. The van der Waals surface area contributed by atoms with Gasteiger partial charge in [-0.05, 0) is 12.5 Å².